The Kier molecular flexibility index (Phi) is 4.87. The van der Waals surface area contributed by atoms with Crippen LogP contribution in [0.2, 0.25) is 0 Å². The zero-order valence-electron chi connectivity index (χ0n) is 12.4. The molecule has 6 heteroatoms. The van der Waals surface area contributed by atoms with Crippen molar-refractivity contribution in [2.75, 3.05) is 45.1 Å². The largest absolute Gasteiger partial charge is 0.463 e. The summed E-state index contributed by atoms with van der Waals surface area (Å²) in [4.78, 5) is 16.6. The van der Waals surface area contributed by atoms with Gasteiger partial charge in [0.2, 0.25) is 5.91 Å². The zero-order valence-corrected chi connectivity index (χ0v) is 13.2. The van der Waals surface area contributed by atoms with E-state index in [9.17, 15) is 4.79 Å². The molecule has 3 rings (SSSR count). The van der Waals surface area contributed by atoms with Crippen molar-refractivity contribution >= 4 is 17.7 Å². The van der Waals surface area contributed by atoms with Gasteiger partial charge in [0.25, 0.3) is 0 Å². The molecule has 1 aromatic rings. The first kappa shape index (κ1) is 14.9. The van der Waals surface area contributed by atoms with Crippen molar-refractivity contribution in [3.63, 3.8) is 0 Å². The number of ether oxygens (including phenoxy) is 1. The summed E-state index contributed by atoms with van der Waals surface area (Å²) in [6.45, 7) is 7.12. The molecule has 2 saturated heterocycles. The Morgan fingerprint density at radius 2 is 2.10 bits per heavy atom. The molecular weight excluding hydrogens is 288 g/mol. The number of thioether (sulfide) groups is 1. The van der Waals surface area contributed by atoms with Gasteiger partial charge in [-0.05, 0) is 19.1 Å². The van der Waals surface area contributed by atoms with Crippen LogP contribution in [0.25, 0.3) is 0 Å². The van der Waals surface area contributed by atoms with Crippen LogP contribution < -0.4 is 0 Å². The Bertz CT molecular complexity index is 485. The number of carbonyl (C=O) groups excluding carboxylic acids is 1. The average Bonchev–Trinajstić information content (AvgIpc) is 2.93. The van der Waals surface area contributed by atoms with E-state index in [0.717, 1.165) is 56.7 Å². The summed E-state index contributed by atoms with van der Waals surface area (Å²) in [6, 6.07) is 3.96. The van der Waals surface area contributed by atoms with Crippen LogP contribution in [0, 0.1) is 6.92 Å². The van der Waals surface area contributed by atoms with Gasteiger partial charge in [0.15, 0.2) is 0 Å². The van der Waals surface area contributed by atoms with E-state index in [1.807, 2.05) is 24.0 Å². The summed E-state index contributed by atoms with van der Waals surface area (Å²) in [6.07, 6.45) is 0.629. The molecule has 0 aromatic carbocycles. The number of aryl methyl sites for hydroxylation is 1. The number of carbonyl (C=O) groups is 1. The van der Waals surface area contributed by atoms with Crippen molar-refractivity contribution < 1.29 is 13.9 Å². The summed E-state index contributed by atoms with van der Waals surface area (Å²) in [5.74, 6) is 2.91. The van der Waals surface area contributed by atoms with Gasteiger partial charge in [-0.25, -0.2) is 0 Å². The highest BCUT2D eigenvalue weighted by molar-refractivity contribution is 7.99. The number of nitrogens with zero attached hydrogens (tertiary/aromatic N) is 2. The zero-order chi connectivity index (χ0) is 14.7. The lowest BCUT2D eigenvalue weighted by atomic mass is 10.3. The van der Waals surface area contributed by atoms with Crippen molar-refractivity contribution in [1.82, 2.24) is 9.80 Å². The minimum atomic E-state index is 0.0287. The fourth-order valence-corrected chi connectivity index (χ4v) is 3.97. The second-order valence-corrected chi connectivity index (χ2v) is 6.65. The molecule has 0 bridgehead atoms. The molecule has 2 aliphatic heterocycles. The molecule has 116 valence electrons. The minimum Gasteiger partial charge on any atom is -0.463 e. The molecule has 0 spiro atoms. The molecule has 0 N–H and O–H groups in total. The van der Waals surface area contributed by atoms with Crippen LogP contribution in [0.4, 0.5) is 0 Å². The van der Waals surface area contributed by atoms with Crippen LogP contribution in [0.3, 0.4) is 0 Å². The highest BCUT2D eigenvalue weighted by Crippen LogP contribution is 2.37. The second-order valence-electron chi connectivity index (χ2n) is 5.46. The van der Waals surface area contributed by atoms with Gasteiger partial charge in [-0.15, -0.1) is 11.8 Å². The third-order valence-corrected chi connectivity index (χ3v) is 5.20. The van der Waals surface area contributed by atoms with Crippen LogP contribution in [0.5, 0.6) is 0 Å². The molecule has 1 aromatic heterocycles. The summed E-state index contributed by atoms with van der Waals surface area (Å²) in [7, 11) is 0. The first-order chi connectivity index (χ1) is 10.2. The van der Waals surface area contributed by atoms with Crippen molar-refractivity contribution in [1.29, 1.82) is 0 Å². The number of amides is 1. The lowest BCUT2D eigenvalue weighted by Gasteiger charge is -2.36. The van der Waals surface area contributed by atoms with E-state index in [4.69, 9.17) is 9.15 Å². The van der Waals surface area contributed by atoms with Gasteiger partial charge in [0.05, 0.1) is 13.2 Å². The molecule has 2 fully saturated rings. The third-order valence-electron chi connectivity index (χ3n) is 3.96. The number of hydrogen-bond donors (Lipinski definition) is 0. The van der Waals surface area contributed by atoms with E-state index in [1.165, 1.54) is 0 Å². The number of hydrogen-bond acceptors (Lipinski definition) is 5. The van der Waals surface area contributed by atoms with Gasteiger partial charge in [0, 0.05) is 38.4 Å². The van der Waals surface area contributed by atoms with E-state index in [2.05, 4.69) is 4.90 Å². The first-order valence-corrected chi connectivity index (χ1v) is 8.56. The Morgan fingerprint density at radius 3 is 2.81 bits per heavy atom. The molecule has 21 heavy (non-hydrogen) atoms. The predicted molar refractivity (Wildman–Crippen MR) is 82.2 cm³/mol. The molecule has 0 saturated carbocycles. The molecule has 5 nitrogen and oxygen atoms in total. The van der Waals surface area contributed by atoms with Crippen LogP contribution >= 0.6 is 11.8 Å². The van der Waals surface area contributed by atoms with E-state index < -0.39 is 0 Å². The molecular formula is C15H22N2O3S. The van der Waals surface area contributed by atoms with E-state index in [0.29, 0.717) is 6.42 Å². The molecule has 1 atom stereocenters. The van der Waals surface area contributed by atoms with Gasteiger partial charge in [-0.2, -0.15) is 0 Å². The van der Waals surface area contributed by atoms with Crippen LogP contribution in [-0.2, 0) is 9.53 Å². The van der Waals surface area contributed by atoms with Crippen molar-refractivity contribution in [3.05, 3.63) is 23.7 Å². The predicted octanol–water partition coefficient (Wildman–Crippen LogP) is 1.88. The Labute approximate surface area is 129 Å². The smallest absolute Gasteiger partial charge is 0.224 e. The summed E-state index contributed by atoms with van der Waals surface area (Å²) < 4.78 is 11.1. The lowest BCUT2D eigenvalue weighted by Crippen LogP contribution is -2.45. The molecule has 1 unspecified atom stereocenters. The van der Waals surface area contributed by atoms with E-state index in [-0.39, 0.29) is 11.3 Å². The van der Waals surface area contributed by atoms with E-state index in [1.54, 1.807) is 11.8 Å². The molecule has 2 aliphatic rings. The molecule has 1 amide bonds. The highest BCUT2D eigenvalue weighted by Gasteiger charge is 2.32. The SMILES string of the molecule is Cc1ccc(C2SCCC(=O)N2CCN2CCOCC2)o1. The van der Waals surface area contributed by atoms with Crippen LogP contribution in [-0.4, -0.2) is 60.9 Å². The number of furan rings is 1. The summed E-state index contributed by atoms with van der Waals surface area (Å²) in [5, 5.41) is 0.0287. The standard InChI is InChI=1S/C15H22N2O3S/c1-12-2-3-13(20-12)15-17(14(18)4-11-21-15)6-5-16-7-9-19-10-8-16/h2-3,15H,4-11H2,1H3. The maximum Gasteiger partial charge on any atom is 0.224 e. The van der Waals surface area contributed by atoms with E-state index >= 15 is 0 Å². The minimum absolute atomic E-state index is 0.0287. The molecule has 0 radical (unpaired) electrons. The fourth-order valence-electron chi connectivity index (χ4n) is 2.76. The van der Waals surface area contributed by atoms with Gasteiger partial charge in [-0.3, -0.25) is 9.69 Å². The lowest BCUT2D eigenvalue weighted by molar-refractivity contribution is -0.132. The third kappa shape index (κ3) is 3.62. The maximum atomic E-state index is 12.3. The highest BCUT2D eigenvalue weighted by atomic mass is 32.2. The van der Waals surface area contributed by atoms with Crippen molar-refractivity contribution in [3.8, 4) is 0 Å². The Hall–Kier alpha value is -0.980. The topological polar surface area (TPSA) is 45.9 Å². The fraction of sp³-hybridized carbons (Fsp3) is 0.667. The van der Waals surface area contributed by atoms with Gasteiger partial charge in [-0.1, -0.05) is 0 Å². The van der Waals surface area contributed by atoms with Gasteiger partial charge in [0.1, 0.15) is 16.9 Å². The van der Waals surface area contributed by atoms with Gasteiger partial charge < -0.3 is 14.1 Å². The Morgan fingerprint density at radius 1 is 1.29 bits per heavy atom. The van der Waals surface area contributed by atoms with Gasteiger partial charge >= 0.3 is 0 Å². The first-order valence-electron chi connectivity index (χ1n) is 7.51. The average molecular weight is 310 g/mol. The normalized spacial score (nSPS) is 24.5. The summed E-state index contributed by atoms with van der Waals surface area (Å²) in [5.41, 5.74) is 0. The van der Waals surface area contributed by atoms with Crippen LogP contribution in [0.15, 0.2) is 16.5 Å². The number of rotatable bonds is 4. The quantitative estimate of drug-likeness (QED) is 0.850. The Balaban J connectivity index is 1.65. The van der Waals surface area contributed by atoms with Crippen LogP contribution in [0.1, 0.15) is 23.3 Å². The summed E-state index contributed by atoms with van der Waals surface area (Å²) >= 11 is 1.80. The van der Waals surface area contributed by atoms with Crippen molar-refractivity contribution in [2.24, 2.45) is 0 Å². The molecule has 3 heterocycles. The van der Waals surface area contributed by atoms with Crippen molar-refractivity contribution in [2.45, 2.75) is 18.7 Å². The monoisotopic (exact) mass is 310 g/mol. The molecule has 0 aliphatic carbocycles. The second kappa shape index (κ2) is 6.85. The maximum absolute atomic E-state index is 12.3. The number of morpholine rings is 1.